The number of rotatable bonds is 6. The highest BCUT2D eigenvalue weighted by molar-refractivity contribution is 5.99. The lowest BCUT2D eigenvalue weighted by Crippen LogP contribution is -2.15. The maximum atomic E-state index is 12.0. The van der Waals surface area contributed by atoms with E-state index in [1.165, 1.54) is 14.2 Å². The minimum absolute atomic E-state index is 0.205. The van der Waals surface area contributed by atoms with Crippen LogP contribution >= 0.6 is 0 Å². The van der Waals surface area contributed by atoms with Crippen molar-refractivity contribution in [2.75, 3.05) is 20.8 Å². The molecule has 0 aliphatic heterocycles. The quantitative estimate of drug-likeness (QED) is 0.650. The summed E-state index contributed by atoms with van der Waals surface area (Å²) in [7, 11) is 2.90. The zero-order chi connectivity index (χ0) is 15.2. The van der Waals surface area contributed by atoms with Crippen molar-refractivity contribution in [3.63, 3.8) is 0 Å². The summed E-state index contributed by atoms with van der Waals surface area (Å²) in [6, 6.07) is 8.16. The van der Waals surface area contributed by atoms with Crippen molar-refractivity contribution < 1.29 is 23.8 Å². The summed E-state index contributed by atoms with van der Waals surface area (Å²) >= 11 is 0. The van der Waals surface area contributed by atoms with E-state index < -0.39 is 5.97 Å². The fourth-order valence-electron chi connectivity index (χ4n) is 1.84. The Morgan fingerprint density at radius 1 is 1.10 bits per heavy atom. The molecule has 0 aliphatic carbocycles. The van der Waals surface area contributed by atoms with Crippen molar-refractivity contribution in [1.82, 2.24) is 4.98 Å². The Balaban J connectivity index is 2.09. The fourth-order valence-corrected chi connectivity index (χ4v) is 1.84. The Morgan fingerprint density at radius 3 is 2.52 bits per heavy atom. The summed E-state index contributed by atoms with van der Waals surface area (Å²) in [5.41, 5.74) is 0.594. The van der Waals surface area contributed by atoms with Gasteiger partial charge in [-0.15, -0.1) is 0 Å². The molecule has 1 aromatic carbocycles. The Morgan fingerprint density at radius 2 is 1.90 bits per heavy atom. The number of carbonyl (C=O) groups excluding carboxylic acids is 2. The van der Waals surface area contributed by atoms with Crippen LogP contribution in [0, 0.1) is 0 Å². The van der Waals surface area contributed by atoms with Crippen molar-refractivity contribution in [2.45, 2.75) is 0 Å². The standard InChI is InChI=1S/C15H15NO5/c1-19-13-7-3-5-10(14(13)20-2)15(18)21-9-12(17)11-6-4-8-16-11/h3-8,16H,9H2,1-2H3. The summed E-state index contributed by atoms with van der Waals surface area (Å²) < 4.78 is 15.3. The molecular formula is C15H15NO5. The van der Waals surface area contributed by atoms with Gasteiger partial charge >= 0.3 is 5.97 Å². The molecule has 0 radical (unpaired) electrons. The number of ether oxygens (including phenoxy) is 3. The monoisotopic (exact) mass is 289 g/mol. The molecule has 0 aliphatic rings. The summed E-state index contributed by atoms with van der Waals surface area (Å²) in [5, 5.41) is 0. The normalized spacial score (nSPS) is 10.0. The molecule has 2 aromatic rings. The van der Waals surface area contributed by atoms with Crippen LogP contribution in [-0.4, -0.2) is 37.6 Å². The second-order valence-electron chi connectivity index (χ2n) is 4.12. The number of para-hydroxylation sites is 1. The van der Waals surface area contributed by atoms with E-state index in [0.29, 0.717) is 11.4 Å². The molecule has 0 unspecified atom stereocenters. The summed E-state index contributed by atoms with van der Waals surface area (Å²) in [5.74, 6) is -0.263. The minimum atomic E-state index is -0.648. The number of hydrogen-bond donors (Lipinski definition) is 1. The number of benzene rings is 1. The minimum Gasteiger partial charge on any atom is -0.493 e. The van der Waals surface area contributed by atoms with E-state index >= 15 is 0 Å². The van der Waals surface area contributed by atoms with Crippen LogP contribution in [0.15, 0.2) is 36.5 Å². The van der Waals surface area contributed by atoms with E-state index in [1.54, 1.807) is 36.5 Å². The Hall–Kier alpha value is -2.76. The van der Waals surface area contributed by atoms with E-state index in [9.17, 15) is 9.59 Å². The van der Waals surface area contributed by atoms with E-state index in [1.807, 2.05) is 0 Å². The first-order valence-corrected chi connectivity index (χ1v) is 6.22. The summed E-state index contributed by atoms with van der Waals surface area (Å²) in [6.07, 6.45) is 1.63. The Bertz CT molecular complexity index is 634. The van der Waals surface area contributed by atoms with E-state index in [0.717, 1.165) is 0 Å². The molecular weight excluding hydrogens is 274 g/mol. The van der Waals surface area contributed by atoms with Crippen LogP contribution in [0.25, 0.3) is 0 Å². The van der Waals surface area contributed by atoms with Gasteiger partial charge < -0.3 is 19.2 Å². The molecule has 0 saturated heterocycles. The molecule has 21 heavy (non-hydrogen) atoms. The average molecular weight is 289 g/mol. The molecule has 6 heteroatoms. The van der Waals surface area contributed by atoms with Gasteiger partial charge in [0.1, 0.15) is 5.56 Å². The first kappa shape index (κ1) is 14.6. The maximum Gasteiger partial charge on any atom is 0.342 e. The first-order chi connectivity index (χ1) is 10.2. The van der Waals surface area contributed by atoms with Crippen LogP contribution in [0.1, 0.15) is 20.8 Å². The molecule has 0 bridgehead atoms. The molecule has 2 rings (SSSR count). The van der Waals surface area contributed by atoms with Crippen LogP contribution in [0.4, 0.5) is 0 Å². The number of aromatic nitrogens is 1. The van der Waals surface area contributed by atoms with E-state index in [-0.39, 0.29) is 23.7 Å². The van der Waals surface area contributed by atoms with Gasteiger partial charge in [0.2, 0.25) is 5.78 Å². The molecule has 0 fully saturated rings. The predicted octanol–water partition coefficient (Wildman–Crippen LogP) is 2.07. The van der Waals surface area contributed by atoms with Gasteiger partial charge in [0, 0.05) is 6.20 Å². The number of Topliss-reactive ketones (excluding diaryl/α,β-unsaturated/α-hetero) is 1. The van der Waals surface area contributed by atoms with Crippen molar-refractivity contribution in [1.29, 1.82) is 0 Å². The molecule has 6 nitrogen and oxygen atoms in total. The molecule has 0 atom stereocenters. The second-order valence-corrected chi connectivity index (χ2v) is 4.12. The number of methoxy groups -OCH3 is 2. The zero-order valence-corrected chi connectivity index (χ0v) is 11.7. The molecule has 1 N–H and O–H groups in total. The molecule has 1 aromatic heterocycles. The lowest BCUT2D eigenvalue weighted by Gasteiger charge is -2.11. The highest BCUT2D eigenvalue weighted by Gasteiger charge is 2.19. The number of H-pyrrole nitrogens is 1. The van der Waals surface area contributed by atoms with Crippen molar-refractivity contribution >= 4 is 11.8 Å². The van der Waals surface area contributed by atoms with Gasteiger partial charge in [-0.3, -0.25) is 4.79 Å². The number of hydrogen-bond acceptors (Lipinski definition) is 5. The van der Waals surface area contributed by atoms with E-state index in [2.05, 4.69) is 4.98 Å². The van der Waals surface area contributed by atoms with Gasteiger partial charge in [-0.05, 0) is 24.3 Å². The maximum absolute atomic E-state index is 12.0. The van der Waals surface area contributed by atoms with Crippen LogP contribution < -0.4 is 9.47 Å². The molecule has 1 heterocycles. The van der Waals surface area contributed by atoms with Gasteiger partial charge in [-0.25, -0.2) is 4.79 Å². The molecule has 0 spiro atoms. The highest BCUT2D eigenvalue weighted by atomic mass is 16.5. The number of ketones is 1. The lowest BCUT2D eigenvalue weighted by atomic mass is 10.2. The predicted molar refractivity (Wildman–Crippen MR) is 75.0 cm³/mol. The van der Waals surface area contributed by atoms with Gasteiger partial charge in [-0.1, -0.05) is 6.07 Å². The van der Waals surface area contributed by atoms with Crippen LogP contribution in [-0.2, 0) is 4.74 Å². The van der Waals surface area contributed by atoms with Gasteiger partial charge in [-0.2, -0.15) is 0 Å². The van der Waals surface area contributed by atoms with E-state index in [4.69, 9.17) is 14.2 Å². The highest BCUT2D eigenvalue weighted by Crippen LogP contribution is 2.31. The van der Waals surface area contributed by atoms with Crippen molar-refractivity contribution in [3.05, 3.63) is 47.8 Å². The SMILES string of the molecule is COc1cccc(C(=O)OCC(=O)c2ccc[nH]2)c1OC. The van der Waals surface area contributed by atoms with Crippen LogP contribution in [0.3, 0.4) is 0 Å². The second kappa shape index (κ2) is 6.60. The van der Waals surface area contributed by atoms with Crippen LogP contribution in [0.2, 0.25) is 0 Å². The summed E-state index contributed by atoms with van der Waals surface area (Å²) in [4.78, 5) is 26.6. The average Bonchev–Trinajstić information content (AvgIpc) is 3.05. The first-order valence-electron chi connectivity index (χ1n) is 6.22. The van der Waals surface area contributed by atoms with Gasteiger partial charge in [0.25, 0.3) is 0 Å². The molecule has 0 amide bonds. The third-order valence-corrected chi connectivity index (χ3v) is 2.86. The van der Waals surface area contributed by atoms with Crippen molar-refractivity contribution in [3.8, 4) is 11.5 Å². The van der Waals surface area contributed by atoms with Gasteiger partial charge in [0.15, 0.2) is 18.1 Å². The zero-order valence-electron chi connectivity index (χ0n) is 11.7. The molecule has 110 valence electrons. The number of nitrogens with one attached hydrogen (secondary N) is 1. The Kier molecular flexibility index (Phi) is 4.61. The third kappa shape index (κ3) is 3.22. The third-order valence-electron chi connectivity index (χ3n) is 2.86. The largest absolute Gasteiger partial charge is 0.493 e. The Labute approximate surface area is 121 Å². The topological polar surface area (TPSA) is 77.6 Å². The smallest absolute Gasteiger partial charge is 0.342 e. The molecule has 0 saturated carbocycles. The fraction of sp³-hybridized carbons (Fsp3) is 0.200. The number of aromatic amines is 1. The van der Waals surface area contributed by atoms with Gasteiger partial charge in [0.05, 0.1) is 19.9 Å². The van der Waals surface area contributed by atoms with Crippen LogP contribution in [0.5, 0.6) is 11.5 Å². The number of carbonyl (C=O) groups is 2. The number of esters is 1. The lowest BCUT2D eigenvalue weighted by molar-refractivity contribution is 0.0470. The summed E-state index contributed by atoms with van der Waals surface area (Å²) in [6.45, 7) is -0.348. The van der Waals surface area contributed by atoms with Crippen molar-refractivity contribution in [2.24, 2.45) is 0 Å².